The highest BCUT2D eigenvalue weighted by atomic mass is 35.5. The molecule has 0 saturated carbocycles. The van der Waals surface area contributed by atoms with E-state index in [1.54, 1.807) is 41.9 Å². The van der Waals surface area contributed by atoms with Gasteiger partial charge in [-0.25, -0.2) is 9.18 Å². The van der Waals surface area contributed by atoms with Crippen LogP contribution in [-0.4, -0.2) is 14.1 Å². The van der Waals surface area contributed by atoms with Gasteiger partial charge in [-0.1, -0.05) is 41.4 Å². The largest absolute Gasteiger partial charge is 0.456 e. The van der Waals surface area contributed by atoms with Gasteiger partial charge in [-0.05, 0) is 29.8 Å². The van der Waals surface area contributed by atoms with Crippen molar-refractivity contribution in [2.75, 3.05) is 0 Å². The number of H-pyrrole nitrogens is 1. The number of rotatable bonds is 5. The number of halogens is 3. The molecule has 2 aromatic heterocycles. The van der Waals surface area contributed by atoms with Crippen LogP contribution in [0.1, 0.15) is 11.1 Å². The van der Waals surface area contributed by atoms with Crippen molar-refractivity contribution in [1.29, 1.82) is 0 Å². The van der Waals surface area contributed by atoms with E-state index in [1.807, 2.05) is 0 Å². The van der Waals surface area contributed by atoms with Gasteiger partial charge in [0.2, 0.25) is 0 Å². The van der Waals surface area contributed by atoms with Crippen LogP contribution in [0.5, 0.6) is 6.01 Å². The van der Waals surface area contributed by atoms with Crippen molar-refractivity contribution in [3.05, 3.63) is 90.3 Å². The minimum Gasteiger partial charge on any atom is -0.426 e. The zero-order chi connectivity index (χ0) is 22.3. The molecule has 0 unspecified atom stereocenters. The van der Waals surface area contributed by atoms with Crippen LogP contribution in [0.15, 0.2) is 52.1 Å². The van der Waals surface area contributed by atoms with Gasteiger partial charge in [-0.2, -0.15) is 9.55 Å². The predicted molar refractivity (Wildman–Crippen MR) is 115 cm³/mol. The Hall–Kier alpha value is -3.10. The van der Waals surface area contributed by atoms with Crippen molar-refractivity contribution in [1.82, 2.24) is 14.1 Å². The summed E-state index contributed by atoms with van der Waals surface area (Å²) in [6.07, 6.45) is 0. The van der Waals surface area contributed by atoms with Gasteiger partial charge in [0.25, 0.3) is 11.2 Å². The minimum absolute atomic E-state index is 0.0977. The first kappa shape index (κ1) is 21.1. The molecule has 160 valence electrons. The summed E-state index contributed by atoms with van der Waals surface area (Å²) in [5, 5.41) is 0.946. The number of imidazole rings is 1. The van der Waals surface area contributed by atoms with Crippen LogP contribution in [0.25, 0.3) is 11.2 Å². The number of nitrogens with zero attached hydrogens (tertiary/aromatic N) is 3. The van der Waals surface area contributed by atoms with Crippen LogP contribution < -0.4 is 20.6 Å². The molecule has 0 amide bonds. The quantitative estimate of drug-likeness (QED) is 0.462. The maximum atomic E-state index is 13.3. The molecular weight excluding hydrogens is 446 g/mol. The number of benzene rings is 2. The van der Waals surface area contributed by atoms with E-state index >= 15 is 0 Å². The maximum absolute atomic E-state index is 13.3. The van der Waals surface area contributed by atoms with Crippen LogP contribution in [-0.2, 0) is 27.2 Å². The second-order valence-corrected chi connectivity index (χ2v) is 7.91. The van der Waals surface area contributed by atoms with Gasteiger partial charge in [0.05, 0.1) is 0 Å². The maximum Gasteiger partial charge on any atom is 0.456 e. The summed E-state index contributed by atoms with van der Waals surface area (Å²) in [4.78, 5) is 28.3. The van der Waals surface area contributed by atoms with Crippen LogP contribution in [0.4, 0.5) is 4.39 Å². The third kappa shape index (κ3) is 3.96. The van der Waals surface area contributed by atoms with E-state index < -0.39 is 11.2 Å². The van der Waals surface area contributed by atoms with Gasteiger partial charge >= 0.3 is 17.3 Å². The molecule has 0 aliphatic carbocycles. The minimum atomic E-state index is -0.476. The number of aryl methyl sites for hydroxylation is 1. The molecule has 31 heavy (non-hydrogen) atoms. The molecule has 1 N–H and O–H groups in total. The lowest BCUT2D eigenvalue weighted by molar-refractivity contribution is -0.669. The molecule has 10 heteroatoms. The first-order valence-corrected chi connectivity index (χ1v) is 10.0. The van der Waals surface area contributed by atoms with Crippen molar-refractivity contribution < 1.29 is 13.7 Å². The summed E-state index contributed by atoms with van der Waals surface area (Å²) >= 11 is 12.2. The Balaban J connectivity index is 1.83. The van der Waals surface area contributed by atoms with Gasteiger partial charge < -0.3 is 4.74 Å². The number of fused-ring (bicyclic) bond motifs is 1. The highest BCUT2D eigenvalue weighted by Crippen LogP contribution is 2.22. The Morgan fingerprint density at radius 3 is 2.45 bits per heavy atom. The molecule has 2 aromatic carbocycles. The van der Waals surface area contributed by atoms with Crippen molar-refractivity contribution in [3.63, 3.8) is 0 Å². The fourth-order valence-electron chi connectivity index (χ4n) is 3.31. The normalized spacial score (nSPS) is 11.3. The molecule has 4 rings (SSSR count). The number of aromatic amines is 1. The van der Waals surface area contributed by atoms with Crippen LogP contribution >= 0.6 is 23.2 Å². The summed E-state index contributed by atoms with van der Waals surface area (Å²) in [5.74, 6) is -0.361. The summed E-state index contributed by atoms with van der Waals surface area (Å²) in [6.45, 7) is 0.317. The van der Waals surface area contributed by atoms with Crippen molar-refractivity contribution in [2.45, 2.75) is 13.2 Å². The average molecular weight is 464 g/mol. The molecule has 0 aliphatic heterocycles. The zero-order valence-corrected chi connectivity index (χ0v) is 18.2. The van der Waals surface area contributed by atoms with E-state index in [9.17, 15) is 14.0 Å². The molecule has 0 spiro atoms. The Labute approximate surface area is 185 Å². The fourth-order valence-corrected chi connectivity index (χ4v) is 3.77. The number of ether oxygens (including phenoxy) is 1. The number of nitrogens with one attached hydrogen (secondary N) is 1. The highest BCUT2D eigenvalue weighted by Gasteiger charge is 2.27. The Bertz CT molecular complexity index is 1410. The molecule has 2 heterocycles. The molecule has 0 fully saturated rings. The number of hydrogen-bond donors (Lipinski definition) is 1. The Morgan fingerprint density at radius 2 is 1.77 bits per heavy atom. The number of aromatic nitrogens is 4. The third-order valence-electron chi connectivity index (χ3n) is 5.01. The highest BCUT2D eigenvalue weighted by molar-refractivity contribution is 6.35. The number of hydrogen-bond acceptors (Lipinski definition) is 3. The van der Waals surface area contributed by atoms with E-state index in [4.69, 9.17) is 27.9 Å². The van der Waals surface area contributed by atoms with E-state index in [2.05, 4.69) is 4.98 Å². The molecule has 0 bridgehead atoms. The van der Waals surface area contributed by atoms with Crippen molar-refractivity contribution in [2.24, 2.45) is 14.1 Å². The van der Waals surface area contributed by atoms with Crippen LogP contribution in [0.2, 0.25) is 10.0 Å². The van der Waals surface area contributed by atoms with Gasteiger partial charge in [0, 0.05) is 29.7 Å². The van der Waals surface area contributed by atoms with E-state index in [-0.39, 0.29) is 30.5 Å². The lowest BCUT2D eigenvalue weighted by Gasteiger charge is -2.06. The van der Waals surface area contributed by atoms with Gasteiger partial charge in [-0.15, -0.1) is 0 Å². The predicted octanol–water partition coefficient (Wildman–Crippen LogP) is 2.93. The van der Waals surface area contributed by atoms with Gasteiger partial charge in [0.15, 0.2) is 0 Å². The summed E-state index contributed by atoms with van der Waals surface area (Å²) in [5.41, 5.74) is 1.06. The SMILES string of the molecule is Cn1c(=O)c2c([nH]c(OCc3ccc(Cl)cc3Cl)[n+]2Cc2ccc(F)cc2)n(C)c1=O. The third-order valence-corrected chi connectivity index (χ3v) is 5.60. The first-order valence-electron chi connectivity index (χ1n) is 9.29. The van der Waals surface area contributed by atoms with E-state index in [0.29, 0.717) is 21.3 Å². The lowest BCUT2D eigenvalue weighted by atomic mass is 10.2. The monoisotopic (exact) mass is 463 g/mol. The van der Waals surface area contributed by atoms with Crippen molar-refractivity contribution >= 4 is 34.4 Å². The summed E-state index contributed by atoms with van der Waals surface area (Å²) in [6, 6.07) is 11.2. The van der Waals surface area contributed by atoms with E-state index in [1.165, 1.54) is 23.7 Å². The van der Waals surface area contributed by atoms with Gasteiger partial charge in [0.1, 0.15) is 19.0 Å². The molecular formula is C21H18Cl2FN4O3+. The van der Waals surface area contributed by atoms with Crippen LogP contribution in [0, 0.1) is 5.82 Å². The summed E-state index contributed by atoms with van der Waals surface area (Å²) in [7, 11) is 2.97. The molecule has 0 radical (unpaired) electrons. The van der Waals surface area contributed by atoms with Gasteiger partial charge in [-0.3, -0.25) is 13.9 Å². The second-order valence-electron chi connectivity index (χ2n) is 7.07. The smallest absolute Gasteiger partial charge is 0.426 e. The topological polar surface area (TPSA) is 72.9 Å². The molecule has 7 nitrogen and oxygen atoms in total. The van der Waals surface area contributed by atoms with Crippen LogP contribution in [0.3, 0.4) is 0 Å². The molecule has 0 atom stereocenters. The molecule has 0 aliphatic rings. The van der Waals surface area contributed by atoms with Crippen molar-refractivity contribution in [3.8, 4) is 6.01 Å². The average Bonchev–Trinajstić information content (AvgIpc) is 3.10. The second kappa shape index (κ2) is 8.20. The molecule has 4 aromatic rings. The Kier molecular flexibility index (Phi) is 5.60. The van der Waals surface area contributed by atoms with E-state index in [0.717, 1.165) is 10.1 Å². The standard InChI is InChI=1S/C21H17Cl2FN4O3/c1-26-18-17(19(29)27(2)21(26)30)28(10-12-3-7-15(24)8-4-12)20(25-18)31-11-13-5-6-14(22)9-16(13)23/h3-9H,10-11H2,1-2H3/p+1. The fraction of sp³-hybridized carbons (Fsp3) is 0.190. The summed E-state index contributed by atoms with van der Waals surface area (Å²) < 4.78 is 23.3. The lowest BCUT2D eigenvalue weighted by Crippen LogP contribution is -2.44. The zero-order valence-electron chi connectivity index (χ0n) is 16.7. The first-order chi connectivity index (χ1) is 14.8. The molecule has 0 saturated heterocycles. The Morgan fingerprint density at radius 1 is 1.06 bits per heavy atom.